The molecule has 2 heterocycles. The van der Waals surface area contributed by atoms with Gasteiger partial charge >= 0.3 is 0 Å². The second kappa shape index (κ2) is 6.63. The molecule has 132 valence electrons. The highest BCUT2D eigenvalue weighted by Crippen LogP contribution is 2.26. The van der Waals surface area contributed by atoms with Crippen molar-refractivity contribution in [2.24, 2.45) is 5.73 Å². The zero-order valence-electron chi connectivity index (χ0n) is 14.7. The third kappa shape index (κ3) is 2.94. The number of para-hydroxylation sites is 1. The van der Waals surface area contributed by atoms with Crippen molar-refractivity contribution in [2.75, 3.05) is 36.0 Å². The SMILES string of the molecule is Cc1cccc2c(N3CCN(c4ccc(C(N)=O)cc4)CC3)ncnc12. The first-order valence-electron chi connectivity index (χ1n) is 8.73. The van der Waals surface area contributed by atoms with Gasteiger partial charge in [0, 0.05) is 42.8 Å². The van der Waals surface area contributed by atoms with Gasteiger partial charge in [-0.05, 0) is 42.8 Å². The van der Waals surface area contributed by atoms with Crippen LogP contribution in [0.5, 0.6) is 0 Å². The van der Waals surface area contributed by atoms with E-state index in [1.807, 2.05) is 12.1 Å². The van der Waals surface area contributed by atoms with Crippen LogP contribution in [0.25, 0.3) is 10.9 Å². The summed E-state index contributed by atoms with van der Waals surface area (Å²) in [6.07, 6.45) is 1.65. The fourth-order valence-corrected chi connectivity index (χ4v) is 3.49. The number of rotatable bonds is 3. The van der Waals surface area contributed by atoms with Gasteiger partial charge in [0.25, 0.3) is 0 Å². The second-order valence-electron chi connectivity index (χ2n) is 6.55. The van der Waals surface area contributed by atoms with E-state index in [0.717, 1.165) is 48.6 Å². The van der Waals surface area contributed by atoms with Crippen LogP contribution < -0.4 is 15.5 Å². The molecule has 2 aromatic carbocycles. The molecule has 4 rings (SSSR count). The van der Waals surface area contributed by atoms with Crippen molar-refractivity contribution in [1.29, 1.82) is 0 Å². The molecule has 1 amide bonds. The van der Waals surface area contributed by atoms with Crippen molar-refractivity contribution in [3.05, 3.63) is 59.9 Å². The van der Waals surface area contributed by atoms with Gasteiger partial charge in [-0.2, -0.15) is 0 Å². The normalized spacial score (nSPS) is 14.7. The Balaban J connectivity index is 1.52. The number of benzene rings is 2. The summed E-state index contributed by atoms with van der Waals surface area (Å²) in [4.78, 5) is 24.8. The number of amides is 1. The maximum Gasteiger partial charge on any atom is 0.248 e. The van der Waals surface area contributed by atoms with E-state index >= 15 is 0 Å². The minimum atomic E-state index is -0.396. The quantitative estimate of drug-likeness (QED) is 0.787. The molecule has 0 saturated carbocycles. The number of primary amides is 1. The van der Waals surface area contributed by atoms with E-state index in [1.165, 1.54) is 5.56 Å². The molecule has 26 heavy (non-hydrogen) atoms. The van der Waals surface area contributed by atoms with Crippen molar-refractivity contribution < 1.29 is 4.79 Å². The number of piperazine rings is 1. The summed E-state index contributed by atoms with van der Waals surface area (Å²) in [7, 11) is 0. The lowest BCUT2D eigenvalue weighted by Crippen LogP contribution is -2.47. The van der Waals surface area contributed by atoms with Gasteiger partial charge in [-0.1, -0.05) is 12.1 Å². The van der Waals surface area contributed by atoms with Crippen LogP contribution in [0.2, 0.25) is 0 Å². The van der Waals surface area contributed by atoms with Crippen LogP contribution in [0.15, 0.2) is 48.8 Å². The van der Waals surface area contributed by atoms with Crippen molar-refractivity contribution >= 4 is 28.3 Å². The predicted molar refractivity (Wildman–Crippen MR) is 104 cm³/mol. The van der Waals surface area contributed by atoms with Crippen molar-refractivity contribution in [3.63, 3.8) is 0 Å². The van der Waals surface area contributed by atoms with E-state index in [0.29, 0.717) is 5.56 Å². The van der Waals surface area contributed by atoms with Crippen LogP contribution in [-0.4, -0.2) is 42.1 Å². The lowest BCUT2D eigenvalue weighted by molar-refractivity contribution is 0.100. The Bertz CT molecular complexity index is 946. The number of hydrogen-bond acceptors (Lipinski definition) is 5. The third-order valence-corrected chi connectivity index (χ3v) is 4.94. The van der Waals surface area contributed by atoms with E-state index in [9.17, 15) is 4.79 Å². The van der Waals surface area contributed by atoms with E-state index < -0.39 is 5.91 Å². The van der Waals surface area contributed by atoms with Crippen LogP contribution in [0.3, 0.4) is 0 Å². The Morgan fingerprint density at radius 1 is 0.962 bits per heavy atom. The topological polar surface area (TPSA) is 75.3 Å². The lowest BCUT2D eigenvalue weighted by Gasteiger charge is -2.37. The van der Waals surface area contributed by atoms with Gasteiger partial charge in [0.05, 0.1) is 5.52 Å². The van der Waals surface area contributed by atoms with E-state index in [1.54, 1.807) is 18.5 Å². The van der Waals surface area contributed by atoms with Crippen LogP contribution in [-0.2, 0) is 0 Å². The number of nitrogens with two attached hydrogens (primary N) is 1. The number of anilines is 2. The average Bonchev–Trinajstić information content (AvgIpc) is 2.68. The minimum absolute atomic E-state index is 0.396. The lowest BCUT2D eigenvalue weighted by atomic mass is 10.1. The minimum Gasteiger partial charge on any atom is -0.368 e. The Kier molecular flexibility index (Phi) is 4.16. The molecule has 0 unspecified atom stereocenters. The zero-order chi connectivity index (χ0) is 18.1. The van der Waals surface area contributed by atoms with Gasteiger partial charge in [-0.25, -0.2) is 9.97 Å². The van der Waals surface area contributed by atoms with Gasteiger partial charge < -0.3 is 15.5 Å². The molecular weight excluding hydrogens is 326 g/mol. The molecule has 0 aliphatic carbocycles. The molecule has 3 aromatic rings. The Hall–Kier alpha value is -3.15. The maximum atomic E-state index is 11.2. The summed E-state index contributed by atoms with van der Waals surface area (Å²) >= 11 is 0. The molecule has 1 saturated heterocycles. The van der Waals surface area contributed by atoms with E-state index in [2.05, 4.69) is 44.9 Å². The van der Waals surface area contributed by atoms with Crippen molar-refractivity contribution in [1.82, 2.24) is 9.97 Å². The highest BCUT2D eigenvalue weighted by atomic mass is 16.1. The number of aryl methyl sites for hydroxylation is 1. The van der Waals surface area contributed by atoms with Crippen molar-refractivity contribution in [2.45, 2.75) is 6.92 Å². The molecule has 1 aromatic heterocycles. The molecule has 0 bridgehead atoms. The largest absolute Gasteiger partial charge is 0.368 e. The zero-order valence-corrected chi connectivity index (χ0v) is 14.7. The highest BCUT2D eigenvalue weighted by molar-refractivity contribution is 5.93. The molecule has 6 heteroatoms. The number of aromatic nitrogens is 2. The number of carbonyl (C=O) groups is 1. The number of nitrogens with zero attached hydrogens (tertiary/aromatic N) is 4. The third-order valence-electron chi connectivity index (χ3n) is 4.94. The number of carbonyl (C=O) groups excluding carboxylic acids is 1. The van der Waals surface area contributed by atoms with Crippen LogP contribution in [0.1, 0.15) is 15.9 Å². The summed E-state index contributed by atoms with van der Waals surface area (Å²) < 4.78 is 0. The smallest absolute Gasteiger partial charge is 0.248 e. The van der Waals surface area contributed by atoms with E-state index in [-0.39, 0.29) is 0 Å². The first-order chi connectivity index (χ1) is 12.6. The fourth-order valence-electron chi connectivity index (χ4n) is 3.49. The molecule has 1 aliphatic heterocycles. The van der Waals surface area contributed by atoms with Crippen LogP contribution in [0.4, 0.5) is 11.5 Å². The summed E-state index contributed by atoms with van der Waals surface area (Å²) in [5, 5.41) is 1.10. The predicted octanol–water partition coefficient (Wildman–Crippen LogP) is 2.36. The average molecular weight is 347 g/mol. The van der Waals surface area contributed by atoms with Crippen LogP contribution in [0, 0.1) is 6.92 Å². The van der Waals surface area contributed by atoms with Crippen LogP contribution >= 0.6 is 0 Å². The van der Waals surface area contributed by atoms with Gasteiger partial charge in [-0.15, -0.1) is 0 Å². The van der Waals surface area contributed by atoms with Crippen molar-refractivity contribution in [3.8, 4) is 0 Å². The summed E-state index contributed by atoms with van der Waals surface area (Å²) in [5.41, 5.74) is 9.14. The summed E-state index contributed by atoms with van der Waals surface area (Å²) in [5.74, 6) is 0.606. The van der Waals surface area contributed by atoms with Gasteiger partial charge in [0.15, 0.2) is 0 Å². The monoisotopic (exact) mass is 347 g/mol. The molecule has 6 nitrogen and oxygen atoms in total. The molecule has 0 radical (unpaired) electrons. The summed E-state index contributed by atoms with van der Waals surface area (Å²) in [6.45, 7) is 5.64. The molecule has 2 N–H and O–H groups in total. The standard InChI is InChI=1S/C20H21N5O/c1-14-3-2-4-17-18(14)22-13-23-20(17)25-11-9-24(10-12-25)16-7-5-15(6-8-16)19(21)26/h2-8,13H,9-12H2,1H3,(H2,21,26). The molecule has 1 aliphatic rings. The van der Waals surface area contributed by atoms with E-state index in [4.69, 9.17) is 5.73 Å². The molecule has 0 spiro atoms. The highest BCUT2D eigenvalue weighted by Gasteiger charge is 2.20. The second-order valence-corrected chi connectivity index (χ2v) is 6.55. The number of fused-ring (bicyclic) bond motifs is 1. The fraction of sp³-hybridized carbons (Fsp3) is 0.250. The molecule has 1 fully saturated rings. The van der Waals surface area contributed by atoms with Gasteiger partial charge in [0.2, 0.25) is 5.91 Å². The Morgan fingerprint density at radius 2 is 1.65 bits per heavy atom. The maximum absolute atomic E-state index is 11.2. The molecular formula is C20H21N5O. The van der Waals surface area contributed by atoms with Gasteiger partial charge in [0.1, 0.15) is 12.1 Å². The van der Waals surface area contributed by atoms with Gasteiger partial charge in [-0.3, -0.25) is 4.79 Å². The summed E-state index contributed by atoms with van der Waals surface area (Å²) in [6, 6.07) is 13.7. The molecule has 0 atom stereocenters. The number of hydrogen-bond donors (Lipinski definition) is 1. The Labute approximate surface area is 152 Å². The first kappa shape index (κ1) is 16.3. The Morgan fingerprint density at radius 3 is 2.35 bits per heavy atom. The first-order valence-corrected chi connectivity index (χ1v) is 8.73.